The van der Waals surface area contributed by atoms with Gasteiger partial charge < -0.3 is 20.3 Å². The Balaban J connectivity index is 1.50. The lowest BCUT2D eigenvalue weighted by molar-refractivity contribution is -0.152. The first kappa shape index (κ1) is 49.5. The third-order valence-electron chi connectivity index (χ3n) is 11.8. The monoisotopic (exact) mass is 866 g/mol. The Kier molecular flexibility index (Phi) is 18.1. The number of benzene rings is 2. The van der Waals surface area contributed by atoms with Crippen molar-refractivity contribution in [3.05, 3.63) is 71.8 Å². The maximum absolute atomic E-state index is 14.4. The number of Topliss-reactive ketones (excluding diaryl/α,β-unsaturated/α-hetero) is 2. The van der Waals surface area contributed by atoms with Crippen LogP contribution in [0.25, 0.3) is 0 Å². The van der Waals surface area contributed by atoms with E-state index in [1.807, 2.05) is 79.4 Å². The number of hydrogen-bond acceptors (Lipinski definition) is 8. The first-order valence-corrected chi connectivity index (χ1v) is 23.5. The number of nitrogens with zero attached hydrogens (tertiary/aromatic N) is 3. The lowest BCUT2D eigenvalue weighted by Gasteiger charge is -2.54. The van der Waals surface area contributed by atoms with Gasteiger partial charge in [0.15, 0.2) is 11.6 Å². The van der Waals surface area contributed by atoms with Crippen molar-refractivity contribution >= 4 is 39.7 Å². The maximum Gasteiger partial charge on any atom is 0.408 e. The molecule has 2 heterocycles. The number of hydrogen-bond donors (Lipinski definition) is 2. The molecule has 0 bridgehead atoms. The van der Waals surface area contributed by atoms with Gasteiger partial charge in [0.2, 0.25) is 11.8 Å². The topological polar surface area (TPSA) is 162 Å². The van der Waals surface area contributed by atoms with Crippen molar-refractivity contribution < 1.29 is 37.1 Å². The summed E-state index contributed by atoms with van der Waals surface area (Å²) in [6.07, 6.45) is 4.43. The molecule has 4 rings (SSSR count). The minimum absolute atomic E-state index is 0.0141. The van der Waals surface area contributed by atoms with Gasteiger partial charge in [0.1, 0.15) is 5.60 Å². The van der Waals surface area contributed by atoms with Crippen molar-refractivity contribution in [2.24, 2.45) is 23.2 Å². The number of ketones is 2. The molecule has 3 amide bonds. The highest BCUT2D eigenvalue weighted by Gasteiger charge is 2.49. The molecule has 14 heteroatoms. The number of alkyl carbamates (subject to hydrolysis) is 1. The van der Waals surface area contributed by atoms with E-state index in [2.05, 4.69) is 17.6 Å². The summed E-state index contributed by atoms with van der Waals surface area (Å²) in [5, 5.41) is 5.80. The number of likely N-dealkylation sites (tertiary alicyclic amines) is 1. The molecule has 0 aliphatic carbocycles. The third kappa shape index (κ3) is 15.0. The van der Waals surface area contributed by atoms with Crippen LogP contribution in [0.3, 0.4) is 0 Å². The van der Waals surface area contributed by atoms with E-state index < -0.39 is 51.7 Å². The second-order valence-corrected chi connectivity index (χ2v) is 21.0. The van der Waals surface area contributed by atoms with Gasteiger partial charge in [-0.2, -0.15) is 17.0 Å². The Hall–Kier alpha value is -4.14. The summed E-state index contributed by atoms with van der Waals surface area (Å²) < 4.78 is 33.6. The molecule has 0 aromatic heterocycles. The first-order chi connectivity index (χ1) is 28.7. The standard InChI is InChI=1S/C47H71N5O8S/c1-9-10-13-22-37(44(56)51-32-47(33-51)23-25-52(26-24-47)61(58,59)50(7)8)30-41(53)39(27-34(2)3)48-43(55)38(28-35-18-14-11-15-19-35)31-42(54)40(29-36-20-16-12-17-21-36)49-45(57)60-46(4,5)6/h11-12,14-21,34,37-40H,9-10,13,22-33H2,1-8H3,(H,48,55)(H,49,57)/t37-,38-,39+,40+/m0/s1. The molecule has 2 aliphatic heterocycles. The van der Waals surface area contributed by atoms with Gasteiger partial charge in [0, 0.05) is 70.4 Å². The summed E-state index contributed by atoms with van der Waals surface area (Å²) in [6.45, 7) is 13.2. The quantitative estimate of drug-likeness (QED) is 0.129. The van der Waals surface area contributed by atoms with Gasteiger partial charge in [-0.05, 0) is 76.3 Å². The molecule has 0 radical (unpaired) electrons. The fraction of sp³-hybridized carbons (Fsp3) is 0.638. The summed E-state index contributed by atoms with van der Waals surface area (Å²) in [6, 6.07) is 16.9. The van der Waals surface area contributed by atoms with Crippen LogP contribution in [0.2, 0.25) is 0 Å². The van der Waals surface area contributed by atoms with Crippen LogP contribution >= 0.6 is 0 Å². The summed E-state index contributed by atoms with van der Waals surface area (Å²) >= 11 is 0. The van der Waals surface area contributed by atoms with Gasteiger partial charge in [-0.15, -0.1) is 0 Å². The molecule has 0 saturated carbocycles. The predicted molar refractivity (Wildman–Crippen MR) is 238 cm³/mol. The number of unbranched alkanes of at least 4 members (excludes halogenated alkanes) is 2. The molecule has 2 aliphatic rings. The Morgan fingerprint density at radius 2 is 1.33 bits per heavy atom. The van der Waals surface area contributed by atoms with E-state index in [1.165, 1.54) is 22.7 Å². The van der Waals surface area contributed by atoms with Crippen molar-refractivity contribution in [2.75, 3.05) is 40.3 Å². The summed E-state index contributed by atoms with van der Waals surface area (Å²) in [5.41, 5.74) is 0.765. The summed E-state index contributed by atoms with van der Waals surface area (Å²) in [5.74, 6) is -2.41. The highest BCUT2D eigenvalue weighted by molar-refractivity contribution is 7.86. The van der Waals surface area contributed by atoms with Gasteiger partial charge in [0.05, 0.1) is 12.1 Å². The number of carbonyl (C=O) groups is 5. The van der Waals surface area contributed by atoms with Crippen molar-refractivity contribution in [1.82, 2.24) is 24.1 Å². The summed E-state index contributed by atoms with van der Waals surface area (Å²) in [4.78, 5) is 71.9. The maximum atomic E-state index is 14.4. The number of carbonyl (C=O) groups excluding carboxylic acids is 5. The molecule has 4 atom stereocenters. The molecule has 2 fully saturated rings. The zero-order valence-corrected chi connectivity index (χ0v) is 38.6. The second kappa shape index (κ2) is 22.3. The van der Waals surface area contributed by atoms with Crippen LogP contribution in [-0.2, 0) is 47.0 Å². The van der Waals surface area contributed by atoms with Gasteiger partial charge >= 0.3 is 6.09 Å². The van der Waals surface area contributed by atoms with Crippen LogP contribution in [-0.4, -0.2) is 109 Å². The Labute approximate surface area is 364 Å². The van der Waals surface area contributed by atoms with Gasteiger partial charge in [-0.3, -0.25) is 19.2 Å². The second-order valence-electron chi connectivity index (χ2n) is 18.9. The number of rotatable bonds is 22. The Morgan fingerprint density at radius 1 is 0.787 bits per heavy atom. The molecule has 1 spiro atoms. The van der Waals surface area contributed by atoms with Gasteiger partial charge in [-0.25, -0.2) is 4.79 Å². The third-order valence-corrected chi connectivity index (χ3v) is 13.7. The smallest absolute Gasteiger partial charge is 0.408 e. The Morgan fingerprint density at radius 3 is 1.85 bits per heavy atom. The van der Waals surface area contributed by atoms with Gasteiger partial charge in [0.25, 0.3) is 10.2 Å². The lowest BCUT2D eigenvalue weighted by Crippen LogP contribution is -2.63. The molecule has 2 aromatic carbocycles. The zero-order valence-electron chi connectivity index (χ0n) is 37.8. The lowest BCUT2D eigenvalue weighted by atomic mass is 9.71. The van der Waals surface area contributed by atoms with E-state index >= 15 is 0 Å². The fourth-order valence-corrected chi connectivity index (χ4v) is 9.48. The first-order valence-electron chi connectivity index (χ1n) is 22.1. The van der Waals surface area contributed by atoms with E-state index in [-0.39, 0.29) is 54.5 Å². The minimum atomic E-state index is -3.50. The zero-order chi connectivity index (χ0) is 45.0. The molecule has 2 aromatic rings. The molecule has 2 saturated heterocycles. The van der Waals surface area contributed by atoms with E-state index in [4.69, 9.17) is 4.74 Å². The summed E-state index contributed by atoms with van der Waals surface area (Å²) in [7, 11) is -0.442. The number of piperidine rings is 1. The number of nitrogens with one attached hydrogen (secondary N) is 2. The highest BCUT2D eigenvalue weighted by Crippen LogP contribution is 2.42. The molecule has 13 nitrogen and oxygen atoms in total. The number of ether oxygens (including phenoxy) is 1. The molecule has 61 heavy (non-hydrogen) atoms. The van der Waals surface area contributed by atoms with E-state index in [9.17, 15) is 32.4 Å². The molecular formula is C47H71N5O8S. The Bertz CT molecular complexity index is 1870. The SMILES string of the molecule is CCCCC[C@@H](CC(=O)[C@@H](CC(C)C)NC(=O)[C@H](CC(=O)[C@@H](Cc1ccccc1)NC(=O)OC(C)(C)C)Cc1ccccc1)C(=O)N1CC2(CCN(S(=O)(=O)N(C)C)CC2)C1. The average molecular weight is 866 g/mol. The molecule has 2 N–H and O–H groups in total. The van der Waals surface area contributed by atoms with Crippen LogP contribution in [0.15, 0.2) is 60.7 Å². The highest BCUT2D eigenvalue weighted by atomic mass is 32.2. The largest absolute Gasteiger partial charge is 0.444 e. The van der Waals surface area contributed by atoms with Crippen LogP contribution in [0.1, 0.15) is 110 Å². The van der Waals surface area contributed by atoms with Crippen molar-refractivity contribution in [2.45, 2.75) is 130 Å². The van der Waals surface area contributed by atoms with E-state index in [1.54, 1.807) is 20.8 Å². The number of amides is 3. The fourth-order valence-electron chi connectivity index (χ4n) is 8.37. The van der Waals surface area contributed by atoms with E-state index in [0.717, 1.165) is 30.4 Å². The normalized spacial score (nSPS) is 17.6. The van der Waals surface area contributed by atoms with Crippen molar-refractivity contribution in [3.8, 4) is 0 Å². The van der Waals surface area contributed by atoms with Gasteiger partial charge in [-0.1, -0.05) is 101 Å². The van der Waals surface area contributed by atoms with Crippen LogP contribution in [0, 0.1) is 23.2 Å². The van der Waals surface area contributed by atoms with Crippen LogP contribution in [0.4, 0.5) is 4.79 Å². The molecule has 0 unspecified atom stereocenters. The van der Waals surface area contributed by atoms with Crippen molar-refractivity contribution in [1.29, 1.82) is 0 Å². The minimum Gasteiger partial charge on any atom is -0.444 e. The van der Waals surface area contributed by atoms with Crippen LogP contribution in [0.5, 0.6) is 0 Å². The van der Waals surface area contributed by atoms with Crippen LogP contribution < -0.4 is 10.6 Å². The molecule has 338 valence electrons. The molecular weight excluding hydrogens is 795 g/mol. The van der Waals surface area contributed by atoms with E-state index in [0.29, 0.717) is 51.9 Å². The predicted octanol–water partition coefficient (Wildman–Crippen LogP) is 6.36. The van der Waals surface area contributed by atoms with Crippen molar-refractivity contribution in [3.63, 3.8) is 0 Å². The average Bonchev–Trinajstić information content (AvgIpc) is 3.18.